The minimum atomic E-state index is -4.52. The van der Waals surface area contributed by atoms with Gasteiger partial charge >= 0.3 is 12.3 Å². The van der Waals surface area contributed by atoms with Gasteiger partial charge in [0.25, 0.3) is 0 Å². The summed E-state index contributed by atoms with van der Waals surface area (Å²) in [5.74, 6) is 0. The Hall–Kier alpha value is -1.28. The van der Waals surface area contributed by atoms with E-state index < -0.39 is 23.4 Å². The second kappa shape index (κ2) is 6.32. The van der Waals surface area contributed by atoms with Crippen molar-refractivity contribution in [1.82, 2.24) is 0 Å². The van der Waals surface area contributed by atoms with Crippen molar-refractivity contribution >= 4 is 27.7 Å². The lowest BCUT2D eigenvalue weighted by Gasteiger charge is -2.28. The third-order valence-corrected chi connectivity index (χ3v) is 3.81. The first-order valence-corrected chi connectivity index (χ1v) is 7.76. The maximum atomic E-state index is 13.0. The fourth-order valence-corrected chi connectivity index (χ4v) is 2.62. The van der Waals surface area contributed by atoms with Gasteiger partial charge < -0.3 is 9.47 Å². The van der Waals surface area contributed by atoms with E-state index in [1.807, 2.05) is 0 Å². The second-order valence-electron chi connectivity index (χ2n) is 6.18. The van der Waals surface area contributed by atoms with E-state index in [0.717, 1.165) is 6.07 Å². The minimum absolute atomic E-state index is 0.101. The average Bonchev–Trinajstić information content (AvgIpc) is 3.17. The molecule has 1 heterocycles. The van der Waals surface area contributed by atoms with Gasteiger partial charge in [0.1, 0.15) is 5.60 Å². The second-order valence-corrected chi connectivity index (χ2v) is 6.98. The van der Waals surface area contributed by atoms with Gasteiger partial charge in [-0.1, -0.05) is 6.07 Å². The molecule has 23 heavy (non-hydrogen) atoms. The normalized spacial score (nSPS) is 17.8. The van der Waals surface area contributed by atoms with Crippen molar-refractivity contribution < 1.29 is 27.4 Å². The van der Waals surface area contributed by atoms with Crippen molar-refractivity contribution in [2.45, 2.75) is 38.7 Å². The molecule has 0 unspecified atom stereocenters. The lowest BCUT2D eigenvalue weighted by molar-refractivity contribution is -0.138. The highest BCUT2D eigenvalue weighted by atomic mass is 79.9. The molecular weight excluding hydrogens is 379 g/mol. The average molecular weight is 396 g/mol. The highest BCUT2D eigenvalue weighted by Crippen LogP contribution is 2.40. The van der Waals surface area contributed by atoms with E-state index in [9.17, 15) is 18.0 Å². The summed E-state index contributed by atoms with van der Waals surface area (Å²) in [6, 6.07) is 3.65. The lowest BCUT2D eigenvalue weighted by Crippen LogP contribution is -2.39. The molecule has 0 aromatic heterocycles. The summed E-state index contributed by atoms with van der Waals surface area (Å²) < 4.78 is 49.3. The maximum absolute atomic E-state index is 13.0. The molecular formula is C15H17BrF3NO3. The van der Waals surface area contributed by atoms with Crippen LogP contribution in [-0.4, -0.2) is 30.9 Å². The lowest BCUT2D eigenvalue weighted by atomic mass is 10.1. The van der Waals surface area contributed by atoms with Gasteiger partial charge in [0.2, 0.25) is 0 Å². The first-order valence-electron chi connectivity index (χ1n) is 6.97. The molecule has 8 heteroatoms. The highest BCUT2D eigenvalue weighted by Gasteiger charge is 2.37. The zero-order chi connectivity index (χ0) is 17.4. The van der Waals surface area contributed by atoms with Crippen LogP contribution in [0, 0.1) is 0 Å². The monoisotopic (exact) mass is 395 g/mol. The number of benzene rings is 1. The van der Waals surface area contributed by atoms with E-state index in [-0.39, 0.29) is 22.8 Å². The highest BCUT2D eigenvalue weighted by molar-refractivity contribution is 9.10. The van der Waals surface area contributed by atoms with Crippen LogP contribution in [-0.2, 0) is 15.7 Å². The van der Waals surface area contributed by atoms with Gasteiger partial charge in [0.15, 0.2) is 0 Å². The van der Waals surface area contributed by atoms with E-state index >= 15 is 0 Å². The van der Waals surface area contributed by atoms with Gasteiger partial charge in [-0.15, -0.1) is 0 Å². The molecule has 1 aliphatic rings. The van der Waals surface area contributed by atoms with Crippen molar-refractivity contribution in [3.05, 3.63) is 28.2 Å². The third kappa shape index (κ3) is 4.84. The number of hydrogen-bond acceptors (Lipinski definition) is 3. The predicted octanol–water partition coefficient (Wildman–Crippen LogP) is 4.61. The molecule has 0 N–H and O–H groups in total. The van der Waals surface area contributed by atoms with Crippen LogP contribution in [0.15, 0.2) is 22.7 Å². The zero-order valence-electron chi connectivity index (χ0n) is 12.9. The number of halogens is 4. The van der Waals surface area contributed by atoms with Crippen LogP contribution in [0.1, 0.15) is 26.3 Å². The summed E-state index contributed by atoms with van der Waals surface area (Å²) in [5, 5.41) is 0. The molecule has 1 aromatic carbocycles. The Bertz CT molecular complexity index is 595. The molecule has 0 saturated carbocycles. The van der Waals surface area contributed by atoms with Gasteiger partial charge in [-0.25, -0.2) is 4.79 Å². The van der Waals surface area contributed by atoms with Crippen molar-refractivity contribution in [3.63, 3.8) is 0 Å². The van der Waals surface area contributed by atoms with Gasteiger partial charge in [-0.3, -0.25) is 4.90 Å². The fourth-order valence-electron chi connectivity index (χ4n) is 1.91. The number of nitrogens with zero attached hydrogens (tertiary/aromatic N) is 1. The fraction of sp³-hybridized carbons (Fsp3) is 0.533. The summed E-state index contributed by atoms with van der Waals surface area (Å²) >= 11 is 2.97. The zero-order valence-corrected chi connectivity index (χ0v) is 14.5. The SMILES string of the molecule is CC(C)(C)OC(=O)N(C[C@H]1CO1)c1cccc(C(F)(F)F)c1Br. The molecule has 0 spiro atoms. The van der Waals surface area contributed by atoms with E-state index in [0.29, 0.717) is 6.61 Å². The first-order chi connectivity index (χ1) is 10.5. The van der Waals surface area contributed by atoms with Crippen LogP contribution in [0.25, 0.3) is 0 Å². The maximum Gasteiger partial charge on any atom is 0.417 e. The largest absolute Gasteiger partial charge is 0.443 e. The Balaban J connectivity index is 2.37. The number of ether oxygens (including phenoxy) is 2. The smallest absolute Gasteiger partial charge is 0.417 e. The summed E-state index contributed by atoms with van der Waals surface area (Å²) in [7, 11) is 0. The van der Waals surface area contributed by atoms with E-state index in [2.05, 4.69) is 15.9 Å². The van der Waals surface area contributed by atoms with Gasteiger partial charge in [-0.05, 0) is 48.8 Å². The number of carbonyl (C=O) groups excluding carboxylic acids is 1. The predicted molar refractivity (Wildman–Crippen MR) is 82.5 cm³/mol. The van der Waals surface area contributed by atoms with E-state index in [4.69, 9.17) is 9.47 Å². The summed E-state index contributed by atoms with van der Waals surface area (Å²) in [5.41, 5.74) is -1.50. The Kier molecular flexibility index (Phi) is 4.96. The third-order valence-electron chi connectivity index (χ3n) is 2.98. The minimum Gasteiger partial charge on any atom is -0.443 e. The molecule has 0 radical (unpaired) electrons. The molecule has 1 aliphatic heterocycles. The van der Waals surface area contributed by atoms with Crippen molar-refractivity contribution in [2.24, 2.45) is 0 Å². The number of anilines is 1. The molecule has 1 amide bonds. The molecule has 1 fully saturated rings. The van der Waals surface area contributed by atoms with Crippen molar-refractivity contribution in [2.75, 3.05) is 18.1 Å². The van der Waals surface area contributed by atoms with Crippen molar-refractivity contribution in [1.29, 1.82) is 0 Å². The summed E-state index contributed by atoms with van der Waals surface area (Å²) in [6.07, 6.45) is -5.43. The molecule has 0 bridgehead atoms. The number of carbonyl (C=O) groups is 1. The molecule has 1 saturated heterocycles. The Labute approximate surface area is 140 Å². The number of rotatable bonds is 3. The van der Waals surface area contributed by atoms with Crippen LogP contribution in [0.5, 0.6) is 0 Å². The van der Waals surface area contributed by atoms with Crippen LogP contribution in [0.4, 0.5) is 23.7 Å². The molecule has 2 rings (SSSR count). The number of alkyl halides is 3. The quantitative estimate of drug-likeness (QED) is 0.701. The van der Waals surface area contributed by atoms with Gasteiger partial charge in [-0.2, -0.15) is 13.2 Å². The van der Waals surface area contributed by atoms with Crippen LogP contribution in [0.3, 0.4) is 0 Å². The Morgan fingerprint density at radius 1 is 1.39 bits per heavy atom. The van der Waals surface area contributed by atoms with Gasteiger partial charge in [0, 0.05) is 0 Å². The van der Waals surface area contributed by atoms with Gasteiger partial charge in [0.05, 0.1) is 35.0 Å². The Morgan fingerprint density at radius 3 is 2.48 bits per heavy atom. The number of epoxide rings is 1. The molecule has 1 aromatic rings. The van der Waals surface area contributed by atoms with E-state index in [1.165, 1.54) is 17.0 Å². The van der Waals surface area contributed by atoms with Crippen LogP contribution in [0.2, 0.25) is 0 Å². The summed E-state index contributed by atoms with van der Waals surface area (Å²) in [6.45, 7) is 5.68. The van der Waals surface area contributed by atoms with Crippen LogP contribution >= 0.6 is 15.9 Å². The molecule has 128 valence electrons. The topological polar surface area (TPSA) is 42.1 Å². The Morgan fingerprint density at radius 2 is 2.00 bits per heavy atom. The molecule has 0 aliphatic carbocycles. The summed E-state index contributed by atoms with van der Waals surface area (Å²) in [4.78, 5) is 13.6. The first kappa shape index (κ1) is 18.1. The molecule has 1 atom stereocenters. The molecule has 4 nitrogen and oxygen atoms in total. The standard InChI is InChI=1S/C15H17BrF3NO3/c1-14(2,3)23-13(21)20(7-9-8-22-9)11-6-4-5-10(12(11)16)15(17,18)19/h4-6,9H,7-8H2,1-3H3/t9-/m0/s1. The number of amides is 1. The van der Waals surface area contributed by atoms with E-state index in [1.54, 1.807) is 20.8 Å². The van der Waals surface area contributed by atoms with Crippen LogP contribution < -0.4 is 4.90 Å². The number of hydrogen-bond donors (Lipinski definition) is 0. The van der Waals surface area contributed by atoms with Crippen molar-refractivity contribution in [3.8, 4) is 0 Å².